The van der Waals surface area contributed by atoms with Crippen molar-refractivity contribution in [3.8, 4) is 5.75 Å². The van der Waals surface area contributed by atoms with Crippen LogP contribution in [-0.4, -0.2) is 23.5 Å². The minimum atomic E-state index is -0.557. The number of hydrogen-bond donors (Lipinski definition) is 0. The Morgan fingerprint density at radius 2 is 2.00 bits per heavy atom. The van der Waals surface area contributed by atoms with Crippen LogP contribution >= 0.6 is 34.3 Å². The second kappa shape index (κ2) is 7.43. The quantitative estimate of drug-likeness (QED) is 0.583. The summed E-state index contributed by atoms with van der Waals surface area (Å²) in [6.45, 7) is 2.52. The van der Waals surface area contributed by atoms with Gasteiger partial charge in [-0.15, -0.1) is 22.7 Å². The SMILES string of the molecule is CC(Oc1ccc(Cl)cc1)C(=O)N1CCc2sccc2C1c1cccs1. The van der Waals surface area contributed by atoms with E-state index in [1.165, 1.54) is 15.3 Å². The van der Waals surface area contributed by atoms with Gasteiger partial charge in [-0.2, -0.15) is 0 Å². The van der Waals surface area contributed by atoms with E-state index in [4.69, 9.17) is 16.3 Å². The van der Waals surface area contributed by atoms with Gasteiger partial charge in [-0.05, 0) is 66.1 Å². The van der Waals surface area contributed by atoms with E-state index in [1.54, 1.807) is 46.9 Å². The third-order valence-corrected chi connectivity index (χ3v) is 6.71. The van der Waals surface area contributed by atoms with Crippen molar-refractivity contribution in [2.24, 2.45) is 0 Å². The maximum absolute atomic E-state index is 13.2. The summed E-state index contributed by atoms with van der Waals surface area (Å²) in [5.41, 5.74) is 1.25. The number of nitrogens with zero attached hydrogens (tertiary/aromatic N) is 1. The van der Waals surface area contributed by atoms with Crippen molar-refractivity contribution in [1.29, 1.82) is 0 Å². The molecule has 1 aromatic carbocycles. The van der Waals surface area contributed by atoms with E-state index in [2.05, 4.69) is 22.9 Å². The van der Waals surface area contributed by atoms with E-state index in [1.807, 2.05) is 17.9 Å². The average molecular weight is 404 g/mol. The molecule has 1 aliphatic rings. The average Bonchev–Trinajstić information content (AvgIpc) is 3.33. The lowest BCUT2D eigenvalue weighted by Crippen LogP contribution is -2.45. The molecule has 3 nitrogen and oxygen atoms in total. The highest BCUT2D eigenvalue weighted by molar-refractivity contribution is 7.10. The number of hydrogen-bond acceptors (Lipinski definition) is 4. The third kappa shape index (κ3) is 3.39. The van der Waals surface area contributed by atoms with Crippen molar-refractivity contribution >= 4 is 40.2 Å². The number of rotatable bonds is 4. The van der Waals surface area contributed by atoms with Crippen LogP contribution in [0.4, 0.5) is 0 Å². The Kier molecular flexibility index (Phi) is 5.02. The molecule has 1 aliphatic heterocycles. The van der Waals surface area contributed by atoms with Crippen LogP contribution in [0.1, 0.15) is 28.3 Å². The van der Waals surface area contributed by atoms with Gasteiger partial charge in [-0.1, -0.05) is 17.7 Å². The topological polar surface area (TPSA) is 29.5 Å². The van der Waals surface area contributed by atoms with Gasteiger partial charge in [0.15, 0.2) is 6.10 Å². The Morgan fingerprint density at radius 3 is 2.73 bits per heavy atom. The van der Waals surface area contributed by atoms with Gasteiger partial charge in [0.25, 0.3) is 5.91 Å². The van der Waals surface area contributed by atoms with Crippen molar-refractivity contribution in [2.75, 3.05) is 6.54 Å². The summed E-state index contributed by atoms with van der Waals surface area (Å²) in [5, 5.41) is 4.83. The van der Waals surface area contributed by atoms with Gasteiger partial charge >= 0.3 is 0 Å². The first kappa shape index (κ1) is 17.6. The maximum Gasteiger partial charge on any atom is 0.264 e. The van der Waals surface area contributed by atoms with E-state index in [0.717, 1.165) is 6.42 Å². The molecule has 4 rings (SSSR count). The molecular formula is C20H18ClNO2S2. The second-order valence-corrected chi connectivity index (χ2v) is 8.63. The van der Waals surface area contributed by atoms with E-state index in [-0.39, 0.29) is 11.9 Å². The molecular weight excluding hydrogens is 386 g/mol. The molecule has 2 atom stereocenters. The molecule has 0 bridgehead atoms. The Bertz CT molecular complexity index is 889. The first-order valence-corrected chi connectivity index (χ1v) is 10.6. The van der Waals surface area contributed by atoms with Gasteiger partial charge < -0.3 is 9.64 Å². The summed E-state index contributed by atoms with van der Waals surface area (Å²) in [6, 6.07) is 13.4. The Morgan fingerprint density at radius 1 is 1.19 bits per heavy atom. The zero-order valence-corrected chi connectivity index (χ0v) is 16.6. The normalized spacial score (nSPS) is 17.6. The van der Waals surface area contributed by atoms with Crippen LogP contribution in [0, 0.1) is 0 Å². The van der Waals surface area contributed by atoms with Crippen LogP contribution in [0.5, 0.6) is 5.75 Å². The molecule has 3 heterocycles. The number of amides is 1. The highest BCUT2D eigenvalue weighted by atomic mass is 35.5. The molecule has 0 radical (unpaired) electrons. The molecule has 3 aromatic rings. The van der Waals surface area contributed by atoms with E-state index in [9.17, 15) is 4.79 Å². The standard InChI is InChI=1S/C20H18ClNO2S2/c1-13(24-15-6-4-14(21)5-7-15)20(23)22-10-8-17-16(9-12-26-17)19(22)18-3-2-11-25-18/h2-7,9,11-13,19H,8,10H2,1H3. The zero-order valence-electron chi connectivity index (χ0n) is 14.2. The van der Waals surface area contributed by atoms with Crippen LogP contribution in [0.15, 0.2) is 53.2 Å². The van der Waals surface area contributed by atoms with E-state index >= 15 is 0 Å². The lowest BCUT2D eigenvalue weighted by molar-refractivity contribution is -0.140. The molecule has 2 unspecified atom stereocenters. The van der Waals surface area contributed by atoms with Gasteiger partial charge in [0, 0.05) is 21.3 Å². The zero-order chi connectivity index (χ0) is 18.1. The van der Waals surface area contributed by atoms with Crippen LogP contribution in [0.2, 0.25) is 5.02 Å². The third-order valence-electron chi connectivity index (χ3n) is 4.54. The molecule has 0 aliphatic carbocycles. The minimum absolute atomic E-state index is 0.00944. The van der Waals surface area contributed by atoms with Gasteiger partial charge in [0.05, 0.1) is 6.04 Å². The fraction of sp³-hybridized carbons (Fsp3) is 0.250. The van der Waals surface area contributed by atoms with Crippen LogP contribution < -0.4 is 4.74 Å². The second-order valence-electron chi connectivity index (χ2n) is 6.21. The molecule has 6 heteroatoms. The highest BCUT2D eigenvalue weighted by Crippen LogP contribution is 2.39. The first-order chi connectivity index (χ1) is 12.6. The van der Waals surface area contributed by atoms with Crippen molar-refractivity contribution in [3.63, 3.8) is 0 Å². The summed E-state index contributed by atoms with van der Waals surface area (Å²) in [6.07, 6.45) is 0.340. The van der Waals surface area contributed by atoms with Gasteiger partial charge in [0.2, 0.25) is 0 Å². The number of carbonyl (C=O) groups is 1. The predicted molar refractivity (Wildman–Crippen MR) is 107 cm³/mol. The fourth-order valence-electron chi connectivity index (χ4n) is 3.31. The minimum Gasteiger partial charge on any atom is -0.481 e. The van der Waals surface area contributed by atoms with E-state index < -0.39 is 6.10 Å². The molecule has 0 fully saturated rings. The molecule has 26 heavy (non-hydrogen) atoms. The van der Waals surface area contributed by atoms with E-state index in [0.29, 0.717) is 17.3 Å². The molecule has 134 valence electrons. The monoisotopic (exact) mass is 403 g/mol. The number of ether oxygens (including phenoxy) is 1. The lowest BCUT2D eigenvalue weighted by Gasteiger charge is -2.36. The van der Waals surface area contributed by atoms with Crippen LogP contribution in [0.25, 0.3) is 0 Å². The maximum atomic E-state index is 13.2. The van der Waals surface area contributed by atoms with Gasteiger partial charge in [0.1, 0.15) is 5.75 Å². The molecule has 0 spiro atoms. The lowest BCUT2D eigenvalue weighted by atomic mass is 9.98. The van der Waals surface area contributed by atoms with Crippen molar-refractivity contribution in [3.05, 3.63) is 73.6 Å². The summed E-state index contributed by atoms with van der Waals surface area (Å²) in [4.78, 5) is 17.7. The molecule has 1 amide bonds. The number of thiophene rings is 2. The first-order valence-electron chi connectivity index (χ1n) is 8.46. The summed E-state index contributed by atoms with van der Waals surface area (Å²) < 4.78 is 5.88. The highest BCUT2D eigenvalue weighted by Gasteiger charge is 2.35. The number of benzene rings is 1. The molecule has 2 aromatic heterocycles. The van der Waals surface area contributed by atoms with Crippen LogP contribution in [-0.2, 0) is 11.2 Å². The van der Waals surface area contributed by atoms with Crippen molar-refractivity contribution in [2.45, 2.75) is 25.5 Å². The van der Waals surface area contributed by atoms with Crippen molar-refractivity contribution < 1.29 is 9.53 Å². The summed E-state index contributed by atoms with van der Waals surface area (Å²) in [5.74, 6) is 0.659. The Hall–Kier alpha value is -1.82. The predicted octanol–water partition coefficient (Wildman–Crippen LogP) is 5.40. The van der Waals surface area contributed by atoms with Crippen LogP contribution in [0.3, 0.4) is 0 Å². The van der Waals surface area contributed by atoms with Gasteiger partial charge in [-0.25, -0.2) is 0 Å². The molecule has 0 saturated heterocycles. The largest absolute Gasteiger partial charge is 0.481 e. The summed E-state index contributed by atoms with van der Waals surface area (Å²) >= 11 is 9.38. The smallest absolute Gasteiger partial charge is 0.264 e. The van der Waals surface area contributed by atoms with Crippen molar-refractivity contribution in [1.82, 2.24) is 4.90 Å². The summed E-state index contributed by atoms with van der Waals surface area (Å²) in [7, 11) is 0. The van der Waals surface area contributed by atoms with Gasteiger partial charge in [-0.3, -0.25) is 4.79 Å². The number of halogens is 1. The molecule has 0 N–H and O–H groups in total. The Balaban J connectivity index is 1.58. The number of fused-ring (bicyclic) bond motifs is 1. The fourth-order valence-corrected chi connectivity index (χ4v) is 5.19. The Labute approximate surface area is 165 Å². The molecule has 0 saturated carbocycles. The number of carbonyl (C=O) groups excluding carboxylic acids is 1.